The van der Waals surface area contributed by atoms with Crippen molar-refractivity contribution in [2.75, 3.05) is 44.2 Å². The zero-order chi connectivity index (χ0) is 16.4. The number of aromatic amines is 1. The number of nitrogens with one attached hydrogen (secondary N) is 1. The Balaban J connectivity index is 1.42. The van der Waals surface area contributed by atoms with E-state index in [1.54, 1.807) is 0 Å². The van der Waals surface area contributed by atoms with E-state index < -0.39 is 0 Å². The number of hydrogen-bond acceptors (Lipinski definition) is 3. The molecule has 0 saturated carbocycles. The maximum Gasteiger partial charge on any atom is 0.237 e. The highest BCUT2D eigenvalue weighted by Gasteiger charge is 2.22. The molecule has 4 nitrogen and oxygen atoms in total. The van der Waals surface area contributed by atoms with Crippen LogP contribution in [0.1, 0.15) is 12.0 Å². The first kappa shape index (κ1) is 15.8. The minimum Gasteiger partial charge on any atom is -0.361 e. The van der Waals surface area contributed by atoms with Crippen LogP contribution >= 0.6 is 11.8 Å². The normalized spacial score (nSPS) is 19.5. The fourth-order valence-corrected chi connectivity index (χ4v) is 4.51. The highest BCUT2D eigenvalue weighted by molar-refractivity contribution is 7.99. The quantitative estimate of drug-likeness (QED) is 0.933. The molecule has 1 aromatic carbocycles. The van der Waals surface area contributed by atoms with Crippen LogP contribution in [0.4, 0.5) is 0 Å². The van der Waals surface area contributed by atoms with Gasteiger partial charge in [-0.3, -0.25) is 9.69 Å². The van der Waals surface area contributed by atoms with Gasteiger partial charge >= 0.3 is 0 Å². The lowest BCUT2D eigenvalue weighted by Crippen LogP contribution is -2.44. The maximum atomic E-state index is 12.5. The molecule has 5 heteroatoms. The van der Waals surface area contributed by atoms with E-state index in [1.165, 1.54) is 22.0 Å². The summed E-state index contributed by atoms with van der Waals surface area (Å²) < 4.78 is 0. The lowest BCUT2D eigenvalue weighted by atomic mass is 9.99. The van der Waals surface area contributed by atoms with E-state index in [0.717, 1.165) is 44.1 Å². The SMILES string of the molecule is O=C(CN1CCSCC1)N1CC=C(c2c[nH]c3ccccc23)CC1. The van der Waals surface area contributed by atoms with Gasteiger partial charge in [-0.05, 0) is 18.1 Å². The number of carbonyl (C=O) groups excluding carboxylic acids is 1. The Bertz CT molecular complexity index is 761. The Morgan fingerprint density at radius 3 is 2.79 bits per heavy atom. The van der Waals surface area contributed by atoms with Crippen molar-refractivity contribution in [1.29, 1.82) is 0 Å². The number of rotatable bonds is 3. The summed E-state index contributed by atoms with van der Waals surface area (Å²) in [5.74, 6) is 2.58. The molecule has 1 fully saturated rings. The van der Waals surface area contributed by atoms with Gasteiger partial charge < -0.3 is 9.88 Å². The molecule has 24 heavy (non-hydrogen) atoms. The number of hydrogen-bond donors (Lipinski definition) is 1. The Morgan fingerprint density at radius 2 is 2.00 bits per heavy atom. The Morgan fingerprint density at radius 1 is 1.17 bits per heavy atom. The highest BCUT2D eigenvalue weighted by Crippen LogP contribution is 2.29. The molecule has 3 heterocycles. The summed E-state index contributed by atoms with van der Waals surface area (Å²) in [6.45, 7) is 4.22. The number of amides is 1. The van der Waals surface area contributed by atoms with Crippen LogP contribution in [0.25, 0.3) is 16.5 Å². The Kier molecular flexibility index (Phi) is 4.63. The third kappa shape index (κ3) is 3.23. The van der Waals surface area contributed by atoms with Gasteiger partial charge in [-0.25, -0.2) is 0 Å². The molecule has 0 bridgehead atoms. The molecule has 1 aromatic heterocycles. The first-order valence-corrected chi connectivity index (χ1v) is 9.80. The van der Waals surface area contributed by atoms with Gasteiger partial charge in [0, 0.05) is 60.3 Å². The second kappa shape index (κ2) is 7.03. The van der Waals surface area contributed by atoms with Gasteiger partial charge in [-0.1, -0.05) is 24.3 Å². The average molecular weight is 341 g/mol. The molecule has 0 aliphatic carbocycles. The summed E-state index contributed by atoms with van der Waals surface area (Å²) in [4.78, 5) is 20.1. The molecule has 2 aliphatic rings. The molecular formula is C19H23N3OS. The molecule has 0 atom stereocenters. The zero-order valence-electron chi connectivity index (χ0n) is 13.8. The Labute approximate surface area is 146 Å². The van der Waals surface area contributed by atoms with Gasteiger partial charge in [0.1, 0.15) is 0 Å². The summed E-state index contributed by atoms with van der Waals surface area (Å²) in [6, 6.07) is 8.40. The monoisotopic (exact) mass is 341 g/mol. The van der Waals surface area contributed by atoms with Crippen LogP contribution < -0.4 is 0 Å². The van der Waals surface area contributed by atoms with Crippen LogP contribution in [0.2, 0.25) is 0 Å². The van der Waals surface area contributed by atoms with Crippen LogP contribution in [0.3, 0.4) is 0 Å². The Hall–Kier alpha value is -1.72. The fourth-order valence-electron chi connectivity index (χ4n) is 3.53. The molecule has 0 spiro atoms. The van der Waals surface area contributed by atoms with Gasteiger partial charge in [0.2, 0.25) is 5.91 Å². The average Bonchev–Trinajstić information content (AvgIpc) is 3.07. The number of fused-ring (bicyclic) bond motifs is 1. The van der Waals surface area contributed by atoms with Gasteiger partial charge in [-0.2, -0.15) is 11.8 Å². The number of benzene rings is 1. The van der Waals surface area contributed by atoms with Crippen LogP contribution in [0.5, 0.6) is 0 Å². The van der Waals surface area contributed by atoms with E-state index in [-0.39, 0.29) is 5.91 Å². The number of aromatic nitrogens is 1. The summed E-state index contributed by atoms with van der Waals surface area (Å²) in [6.07, 6.45) is 5.26. The minimum absolute atomic E-state index is 0.274. The molecule has 2 aromatic rings. The van der Waals surface area contributed by atoms with Crippen molar-refractivity contribution >= 4 is 34.1 Å². The van der Waals surface area contributed by atoms with E-state index in [0.29, 0.717) is 6.54 Å². The van der Waals surface area contributed by atoms with Crippen LogP contribution in [0, 0.1) is 0 Å². The summed E-state index contributed by atoms with van der Waals surface area (Å²) >= 11 is 1.98. The largest absolute Gasteiger partial charge is 0.361 e. The predicted octanol–water partition coefficient (Wildman–Crippen LogP) is 2.83. The lowest BCUT2D eigenvalue weighted by molar-refractivity contribution is -0.131. The topological polar surface area (TPSA) is 39.3 Å². The van der Waals surface area contributed by atoms with E-state index in [4.69, 9.17) is 0 Å². The van der Waals surface area contributed by atoms with Gasteiger partial charge in [0.25, 0.3) is 0 Å². The molecule has 0 unspecified atom stereocenters. The summed E-state index contributed by atoms with van der Waals surface area (Å²) in [7, 11) is 0. The molecule has 1 N–H and O–H groups in total. The molecule has 126 valence electrons. The number of H-pyrrole nitrogens is 1. The van der Waals surface area contributed by atoms with Crippen molar-refractivity contribution in [2.45, 2.75) is 6.42 Å². The summed E-state index contributed by atoms with van der Waals surface area (Å²) in [5.41, 5.74) is 3.81. The summed E-state index contributed by atoms with van der Waals surface area (Å²) in [5, 5.41) is 1.27. The number of carbonyl (C=O) groups is 1. The van der Waals surface area contributed by atoms with Crippen LogP contribution in [0.15, 0.2) is 36.5 Å². The molecule has 1 amide bonds. The van der Waals surface area contributed by atoms with Gasteiger partial charge in [-0.15, -0.1) is 0 Å². The second-order valence-corrected chi connectivity index (χ2v) is 7.68. The number of para-hydroxylation sites is 1. The van der Waals surface area contributed by atoms with E-state index in [1.807, 2.05) is 16.7 Å². The first-order chi connectivity index (χ1) is 11.8. The van der Waals surface area contributed by atoms with E-state index in [9.17, 15) is 4.79 Å². The van der Waals surface area contributed by atoms with E-state index >= 15 is 0 Å². The molecule has 4 rings (SSSR count). The highest BCUT2D eigenvalue weighted by atomic mass is 32.2. The maximum absolute atomic E-state index is 12.5. The number of thioether (sulfide) groups is 1. The minimum atomic E-state index is 0.274. The van der Waals surface area contributed by atoms with Crippen molar-refractivity contribution in [3.63, 3.8) is 0 Å². The standard InChI is InChI=1S/C19H23N3OS/c23-19(14-21-9-11-24-12-10-21)22-7-5-15(6-8-22)17-13-20-18-4-2-1-3-16(17)18/h1-5,13,20H,6-12,14H2. The van der Waals surface area contributed by atoms with Crippen molar-refractivity contribution in [3.05, 3.63) is 42.1 Å². The van der Waals surface area contributed by atoms with Crippen LogP contribution in [-0.2, 0) is 4.79 Å². The third-order valence-corrected chi connectivity index (χ3v) is 5.90. The van der Waals surface area contributed by atoms with Crippen molar-refractivity contribution < 1.29 is 4.79 Å². The lowest BCUT2D eigenvalue weighted by Gasteiger charge is -2.31. The van der Waals surface area contributed by atoms with Gasteiger partial charge in [0.15, 0.2) is 0 Å². The van der Waals surface area contributed by atoms with E-state index in [2.05, 4.69) is 46.4 Å². The molecule has 0 radical (unpaired) electrons. The first-order valence-electron chi connectivity index (χ1n) is 8.64. The molecule has 1 saturated heterocycles. The molecule has 2 aliphatic heterocycles. The van der Waals surface area contributed by atoms with Crippen molar-refractivity contribution in [1.82, 2.24) is 14.8 Å². The van der Waals surface area contributed by atoms with Crippen LogP contribution in [-0.4, -0.2) is 64.9 Å². The fraction of sp³-hybridized carbons (Fsp3) is 0.421. The van der Waals surface area contributed by atoms with Crippen molar-refractivity contribution in [3.8, 4) is 0 Å². The second-order valence-electron chi connectivity index (χ2n) is 6.46. The van der Waals surface area contributed by atoms with Crippen molar-refractivity contribution in [2.24, 2.45) is 0 Å². The predicted molar refractivity (Wildman–Crippen MR) is 101 cm³/mol. The van der Waals surface area contributed by atoms with Gasteiger partial charge in [0.05, 0.1) is 6.54 Å². The molecular weight excluding hydrogens is 318 g/mol. The zero-order valence-corrected chi connectivity index (χ0v) is 14.6. The number of nitrogens with zero attached hydrogens (tertiary/aromatic N) is 2. The third-order valence-electron chi connectivity index (χ3n) is 4.96. The smallest absolute Gasteiger partial charge is 0.237 e.